The molecule has 1 aromatic carbocycles. The molecule has 0 bridgehead atoms. The lowest BCUT2D eigenvalue weighted by Crippen LogP contribution is -2.24. The Morgan fingerprint density at radius 2 is 2.21 bits per heavy atom. The topological polar surface area (TPSA) is 131 Å². The van der Waals surface area contributed by atoms with Crippen LogP contribution in [0.15, 0.2) is 41.5 Å². The van der Waals surface area contributed by atoms with Crippen molar-refractivity contribution in [2.24, 2.45) is 0 Å². The molecule has 1 amide bonds. The number of nitrogens with zero attached hydrogens (tertiary/aromatic N) is 3. The summed E-state index contributed by atoms with van der Waals surface area (Å²) in [4.78, 5) is 35.4. The summed E-state index contributed by atoms with van der Waals surface area (Å²) >= 11 is 0. The Hall–Kier alpha value is -3.24. The zero-order valence-corrected chi connectivity index (χ0v) is 15.7. The molecule has 152 valence electrons. The summed E-state index contributed by atoms with van der Waals surface area (Å²) in [6.07, 6.45) is 1.12. The van der Waals surface area contributed by atoms with Gasteiger partial charge in [0.25, 0.3) is 11.5 Å². The van der Waals surface area contributed by atoms with Gasteiger partial charge in [0.2, 0.25) is 5.95 Å². The van der Waals surface area contributed by atoms with Crippen LogP contribution in [0.1, 0.15) is 26.0 Å². The molecular weight excluding hydrogens is 378 g/mol. The molecule has 0 aliphatic carbocycles. The molecule has 0 saturated carbocycles. The van der Waals surface area contributed by atoms with E-state index in [2.05, 4.69) is 20.3 Å². The summed E-state index contributed by atoms with van der Waals surface area (Å²) in [7, 11) is 0. The minimum atomic E-state index is -0.598. The minimum absolute atomic E-state index is 0.0171. The molecule has 1 aliphatic rings. The van der Waals surface area contributed by atoms with Gasteiger partial charge in [0.05, 0.1) is 18.5 Å². The van der Waals surface area contributed by atoms with Crippen molar-refractivity contribution in [3.05, 3.63) is 47.0 Å². The molecule has 1 aliphatic heterocycles. The van der Waals surface area contributed by atoms with Crippen LogP contribution in [0.2, 0.25) is 0 Å². The second-order valence-corrected chi connectivity index (χ2v) is 6.73. The maximum absolute atomic E-state index is 12.3. The number of imidazole rings is 1. The largest absolute Gasteiger partial charge is 0.484 e. The van der Waals surface area contributed by atoms with Crippen molar-refractivity contribution in [2.75, 3.05) is 11.9 Å². The number of benzene rings is 1. The lowest BCUT2D eigenvalue weighted by molar-refractivity contribution is -0.118. The number of aliphatic hydroxyl groups excluding tert-OH is 1. The molecule has 3 N–H and O–H groups in total. The predicted octanol–water partition coefficient (Wildman–Crippen LogP) is 1.20. The van der Waals surface area contributed by atoms with E-state index < -0.39 is 23.8 Å². The maximum atomic E-state index is 12.3. The molecule has 10 nitrogen and oxygen atoms in total. The van der Waals surface area contributed by atoms with Crippen LogP contribution in [0, 0.1) is 0 Å². The van der Waals surface area contributed by atoms with Crippen LogP contribution < -0.4 is 15.6 Å². The Balaban J connectivity index is 1.52. The van der Waals surface area contributed by atoms with Crippen molar-refractivity contribution in [2.45, 2.75) is 38.2 Å². The van der Waals surface area contributed by atoms with Crippen LogP contribution >= 0.6 is 0 Å². The fourth-order valence-electron chi connectivity index (χ4n) is 3.28. The van der Waals surface area contributed by atoms with Crippen LogP contribution in [-0.4, -0.2) is 49.3 Å². The van der Waals surface area contributed by atoms with Crippen LogP contribution in [0.4, 0.5) is 5.95 Å². The molecule has 3 heterocycles. The van der Waals surface area contributed by atoms with Gasteiger partial charge in [0.1, 0.15) is 12.0 Å². The maximum Gasteiger partial charge on any atom is 0.280 e. The number of hydrogen-bond acceptors (Lipinski definition) is 7. The highest BCUT2D eigenvalue weighted by molar-refractivity contribution is 5.90. The lowest BCUT2D eigenvalue weighted by atomic mass is 10.1. The Kier molecular flexibility index (Phi) is 5.28. The van der Waals surface area contributed by atoms with E-state index in [0.29, 0.717) is 18.6 Å². The van der Waals surface area contributed by atoms with Gasteiger partial charge in [-0.1, -0.05) is 25.1 Å². The highest BCUT2D eigenvalue weighted by Crippen LogP contribution is 2.31. The number of rotatable bonds is 6. The van der Waals surface area contributed by atoms with Crippen molar-refractivity contribution >= 4 is 23.0 Å². The predicted molar refractivity (Wildman–Crippen MR) is 104 cm³/mol. The van der Waals surface area contributed by atoms with Crippen LogP contribution in [0.5, 0.6) is 5.75 Å². The first-order valence-corrected chi connectivity index (χ1v) is 9.33. The summed E-state index contributed by atoms with van der Waals surface area (Å²) in [6.45, 7) is 1.69. The first-order valence-electron chi connectivity index (χ1n) is 9.33. The molecule has 10 heteroatoms. The van der Waals surface area contributed by atoms with Gasteiger partial charge in [-0.25, -0.2) is 4.98 Å². The van der Waals surface area contributed by atoms with E-state index in [-0.39, 0.29) is 29.8 Å². The van der Waals surface area contributed by atoms with Crippen LogP contribution in [0.3, 0.4) is 0 Å². The average molecular weight is 399 g/mol. The number of anilines is 1. The highest BCUT2D eigenvalue weighted by atomic mass is 16.5. The Morgan fingerprint density at radius 3 is 2.93 bits per heavy atom. The molecule has 1 unspecified atom stereocenters. The van der Waals surface area contributed by atoms with Crippen LogP contribution in [-0.2, 0) is 9.53 Å². The molecule has 4 rings (SSSR count). The summed E-state index contributed by atoms with van der Waals surface area (Å²) in [5.41, 5.74) is -0.0952. The molecule has 1 saturated heterocycles. The van der Waals surface area contributed by atoms with Gasteiger partial charge in [0.15, 0.2) is 17.8 Å². The van der Waals surface area contributed by atoms with Gasteiger partial charge in [-0.3, -0.25) is 24.5 Å². The van der Waals surface area contributed by atoms with Gasteiger partial charge < -0.3 is 14.6 Å². The van der Waals surface area contributed by atoms with Crippen molar-refractivity contribution in [3.63, 3.8) is 0 Å². The summed E-state index contributed by atoms with van der Waals surface area (Å²) in [6, 6.07) is 8.91. The fraction of sp³-hybridized carbons (Fsp3) is 0.368. The number of para-hydroxylation sites is 1. The van der Waals surface area contributed by atoms with E-state index in [1.807, 2.05) is 13.0 Å². The molecule has 2 aromatic heterocycles. The standard InChI is InChI=1S/C19H21N5O5/c1-2-13-12(25)8-15(29-13)24-10-20-16-17(24)22-19(23-18(16)27)21-14(26)9-28-11-6-4-3-5-7-11/h3-7,10,12-13,15,25H,2,8-9H2,1H3,(H2,21,22,23,26,27)/t12?,13-,15-/m1/s1. The van der Waals surface area contributed by atoms with E-state index in [0.717, 1.165) is 0 Å². The minimum Gasteiger partial charge on any atom is -0.484 e. The van der Waals surface area contributed by atoms with E-state index in [1.165, 1.54) is 6.33 Å². The summed E-state index contributed by atoms with van der Waals surface area (Å²) in [5, 5.41) is 12.6. The smallest absolute Gasteiger partial charge is 0.280 e. The number of ether oxygens (including phenoxy) is 2. The monoisotopic (exact) mass is 399 g/mol. The van der Waals surface area contributed by atoms with Crippen molar-refractivity contribution < 1.29 is 19.4 Å². The number of carbonyl (C=O) groups excluding carboxylic acids is 1. The molecule has 29 heavy (non-hydrogen) atoms. The summed E-state index contributed by atoms with van der Waals surface area (Å²) in [5.74, 6) is 0.0672. The molecule has 3 atom stereocenters. The van der Waals surface area contributed by atoms with E-state index in [4.69, 9.17) is 9.47 Å². The number of H-pyrrole nitrogens is 1. The number of aromatic nitrogens is 4. The third-order valence-electron chi connectivity index (χ3n) is 4.72. The number of nitrogens with one attached hydrogen (secondary N) is 2. The lowest BCUT2D eigenvalue weighted by Gasteiger charge is -2.14. The first kappa shape index (κ1) is 19.1. The zero-order valence-electron chi connectivity index (χ0n) is 15.7. The normalized spacial score (nSPS) is 21.4. The fourth-order valence-corrected chi connectivity index (χ4v) is 3.28. The number of carbonyl (C=O) groups is 1. The third kappa shape index (κ3) is 3.98. The highest BCUT2D eigenvalue weighted by Gasteiger charge is 2.34. The van der Waals surface area contributed by atoms with Gasteiger partial charge >= 0.3 is 0 Å². The number of fused-ring (bicyclic) bond motifs is 1. The van der Waals surface area contributed by atoms with Gasteiger partial charge in [-0.2, -0.15) is 4.98 Å². The number of hydrogen-bond donors (Lipinski definition) is 3. The SMILES string of the molecule is CC[C@H]1O[C@@H](n2cnc3c(=O)[nH]c(NC(=O)COc4ccccc4)nc32)CC1O. The third-order valence-corrected chi connectivity index (χ3v) is 4.72. The van der Waals surface area contributed by atoms with E-state index >= 15 is 0 Å². The van der Waals surface area contributed by atoms with Crippen molar-refractivity contribution in [1.82, 2.24) is 19.5 Å². The Labute approximate surface area is 165 Å². The van der Waals surface area contributed by atoms with Crippen molar-refractivity contribution in [3.8, 4) is 5.75 Å². The van der Waals surface area contributed by atoms with Gasteiger partial charge in [-0.15, -0.1) is 0 Å². The van der Waals surface area contributed by atoms with E-state index in [1.54, 1.807) is 28.8 Å². The Morgan fingerprint density at radius 1 is 1.41 bits per heavy atom. The number of amides is 1. The molecule has 0 spiro atoms. The quantitative estimate of drug-likeness (QED) is 0.567. The number of aromatic amines is 1. The van der Waals surface area contributed by atoms with Gasteiger partial charge in [0, 0.05) is 6.42 Å². The van der Waals surface area contributed by atoms with E-state index in [9.17, 15) is 14.7 Å². The molecular formula is C19H21N5O5. The molecule has 0 radical (unpaired) electrons. The molecule has 3 aromatic rings. The average Bonchev–Trinajstić information content (AvgIpc) is 3.30. The van der Waals surface area contributed by atoms with Crippen molar-refractivity contribution in [1.29, 1.82) is 0 Å². The summed E-state index contributed by atoms with van der Waals surface area (Å²) < 4.78 is 12.8. The number of aliphatic hydroxyl groups is 1. The van der Waals surface area contributed by atoms with Gasteiger partial charge in [-0.05, 0) is 18.6 Å². The zero-order chi connectivity index (χ0) is 20.4. The molecule has 1 fully saturated rings. The Bertz CT molecular complexity index is 1060. The second kappa shape index (κ2) is 8.02. The van der Waals surface area contributed by atoms with Crippen LogP contribution in [0.25, 0.3) is 11.2 Å². The first-order chi connectivity index (χ1) is 14.0. The second-order valence-electron chi connectivity index (χ2n) is 6.73.